The van der Waals surface area contributed by atoms with Gasteiger partial charge in [0.1, 0.15) is 5.65 Å². The Morgan fingerprint density at radius 1 is 1.12 bits per heavy atom. The summed E-state index contributed by atoms with van der Waals surface area (Å²) < 4.78 is 0. The molecule has 0 radical (unpaired) electrons. The Morgan fingerprint density at radius 3 is 2.84 bits per heavy atom. The van der Waals surface area contributed by atoms with Crippen molar-refractivity contribution in [1.82, 2.24) is 9.97 Å². The number of H-pyrrole nitrogens is 1. The molecule has 4 N–H and O–H groups in total. The minimum Gasteiger partial charge on any atom is -0.384 e. The van der Waals surface area contributed by atoms with Gasteiger partial charge in [0.2, 0.25) is 0 Å². The van der Waals surface area contributed by atoms with Gasteiger partial charge in [-0.15, -0.1) is 0 Å². The molecular weight excluding hydrogens is 308 g/mol. The quantitative estimate of drug-likeness (QED) is 0.507. The van der Waals surface area contributed by atoms with Gasteiger partial charge < -0.3 is 16.0 Å². The van der Waals surface area contributed by atoms with Gasteiger partial charge in [-0.2, -0.15) is 0 Å². The SMILES string of the molecule is C.Cc1ccc2c(c1)[nH]c1nccc(-c3cccc(NCCN)c3)c12. The van der Waals surface area contributed by atoms with Crippen molar-refractivity contribution < 1.29 is 0 Å². The maximum atomic E-state index is 5.59. The third kappa shape index (κ3) is 3.08. The van der Waals surface area contributed by atoms with Crippen molar-refractivity contribution in [1.29, 1.82) is 0 Å². The Balaban J connectivity index is 0.00000182. The van der Waals surface area contributed by atoms with Crippen molar-refractivity contribution >= 4 is 27.6 Å². The highest BCUT2D eigenvalue weighted by molar-refractivity contribution is 6.13. The summed E-state index contributed by atoms with van der Waals surface area (Å²) in [6, 6.07) is 17.0. The van der Waals surface area contributed by atoms with E-state index in [-0.39, 0.29) is 7.43 Å². The molecule has 0 aliphatic rings. The monoisotopic (exact) mass is 332 g/mol. The van der Waals surface area contributed by atoms with Crippen LogP contribution in [0.3, 0.4) is 0 Å². The van der Waals surface area contributed by atoms with Crippen LogP contribution in [0.25, 0.3) is 33.1 Å². The lowest BCUT2D eigenvalue weighted by Gasteiger charge is -2.09. The second-order valence-electron chi connectivity index (χ2n) is 6.05. The molecule has 4 nitrogen and oxygen atoms in total. The number of hydrogen-bond donors (Lipinski definition) is 3. The zero-order chi connectivity index (χ0) is 16.5. The van der Waals surface area contributed by atoms with Crippen LogP contribution in [0.5, 0.6) is 0 Å². The molecule has 2 heterocycles. The molecule has 2 aromatic heterocycles. The summed E-state index contributed by atoms with van der Waals surface area (Å²) in [4.78, 5) is 7.95. The number of aromatic amines is 1. The second-order valence-corrected chi connectivity index (χ2v) is 6.05. The maximum absolute atomic E-state index is 5.59. The van der Waals surface area contributed by atoms with Gasteiger partial charge in [0.05, 0.1) is 0 Å². The van der Waals surface area contributed by atoms with E-state index in [1.165, 1.54) is 27.5 Å². The van der Waals surface area contributed by atoms with E-state index >= 15 is 0 Å². The summed E-state index contributed by atoms with van der Waals surface area (Å²) >= 11 is 0. The fourth-order valence-corrected chi connectivity index (χ4v) is 3.19. The van der Waals surface area contributed by atoms with Gasteiger partial charge in [0, 0.05) is 41.3 Å². The average Bonchev–Trinajstić information content (AvgIpc) is 2.97. The smallest absolute Gasteiger partial charge is 0.138 e. The molecule has 0 saturated carbocycles. The van der Waals surface area contributed by atoms with Crippen molar-refractivity contribution in [2.45, 2.75) is 14.4 Å². The molecule has 2 aromatic carbocycles. The standard InChI is InChI=1S/C20H20N4.CH4/c1-13-5-6-17-18(11-13)24-20-19(17)16(7-9-23-20)14-3-2-4-15(12-14)22-10-8-21;/h2-7,9,11-12,22H,8,10,21H2,1H3,(H,23,24);1H4. The number of fused-ring (bicyclic) bond motifs is 3. The number of rotatable bonds is 4. The number of benzene rings is 2. The number of aromatic nitrogens is 2. The normalized spacial score (nSPS) is 10.8. The lowest BCUT2D eigenvalue weighted by Crippen LogP contribution is -2.12. The highest BCUT2D eigenvalue weighted by Crippen LogP contribution is 2.34. The van der Waals surface area contributed by atoms with Gasteiger partial charge in [-0.25, -0.2) is 4.98 Å². The zero-order valence-corrected chi connectivity index (χ0v) is 13.6. The molecule has 25 heavy (non-hydrogen) atoms. The van der Waals surface area contributed by atoms with Crippen LogP contribution < -0.4 is 11.1 Å². The van der Waals surface area contributed by atoms with Gasteiger partial charge in [-0.1, -0.05) is 31.7 Å². The highest BCUT2D eigenvalue weighted by Gasteiger charge is 2.11. The van der Waals surface area contributed by atoms with E-state index in [0.717, 1.165) is 23.4 Å². The molecular formula is C21H24N4. The molecule has 0 aliphatic heterocycles. The van der Waals surface area contributed by atoms with Crippen LogP contribution in [-0.2, 0) is 0 Å². The number of pyridine rings is 1. The number of nitrogens with two attached hydrogens (primary N) is 1. The molecule has 0 fully saturated rings. The molecule has 0 unspecified atom stereocenters. The van der Waals surface area contributed by atoms with Gasteiger partial charge in [0.25, 0.3) is 0 Å². The third-order valence-corrected chi connectivity index (χ3v) is 4.30. The molecule has 128 valence electrons. The Labute approximate surface area is 148 Å². The van der Waals surface area contributed by atoms with Gasteiger partial charge in [-0.05, 0) is 47.9 Å². The van der Waals surface area contributed by atoms with Crippen LogP contribution in [0.1, 0.15) is 13.0 Å². The molecule has 0 spiro atoms. The molecule has 0 aliphatic carbocycles. The summed E-state index contributed by atoms with van der Waals surface area (Å²) in [6.45, 7) is 3.49. The van der Waals surface area contributed by atoms with Crippen molar-refractivity contribution in [3.8, 4) is 11.1 Å². The van der Waals surface area contributed by atoms with Crippen molar-refractivity contribution in [3.05, 3.63) is 60.3 Å². The Hall–Kier alpha value is -2.85. The summed E-state index contributed by atoms with van der Waals surface area (Å²) in [6.07, 6.45) is 1.86. The number of aryl methyl sites for hydroxylation is 1. The summed E-state index contributed by atoms with van der Waals surface area (Å²) in [5, 5.41) is 5.72. The van der Waals surface area contributed by atoms with Crippen LogP contribution in [0, 0.1) is 6.92 Å². The first-order valence-corrected chi connectivity index (χ1v) is 8.18. The first-order chi connectivity index (χ1) is 11.8. The number of hydrogen-bond acceptors (Lipinski definition) is 3. The molecule has 4 aromatic rings. The first kappa shape index (κ1) is 17.0. The largest absolute Gasteiger partial charge is 0.384 e. The predicted octanol–water partition coefficient (Wildman–Crippen LogP) is 4.70. The predicted molar refractivity (Wildman–Crippen MR) is 108 cm³/mol. The number of nitrogens with one attached hydrogen (secondary N) is 2. The first-order valence-electron chi connectivity index (χ1n) is 8.18. The number of nitrogens with zero attached hydrogens (tertiary/aromatic N) is 1. The summed E-state index contributed by atoms with van der Waals surface area (Å²) in [5.41, 5.74) is 12.3. The fourth-order valence-electron chi connectivity index (χ4n) is 3.19. The van der Waals surface area contributed by atoms with E-state index in [9.17, 15) is 0 Å². The van der Waals surface area contributed by atoms with E-state index in [2.05, 4.69) is 70.7 Å². The molecule has 0 amide bonds. The van der Waals surface area contributed by atoms with Gasteiger partial charge >= 0.3 is 0 Å². The minimum absolute atomic E-state index is 0. The van der Waals surface area contributed by atoms with Crippen LogP contribution in [0.15, 0.2) is 54.7 Å². The molecule has 0 saturated heterocycles. The van der Waals surface area contributed by atoms with Crippen molar-refractivity contribution in [2.24, 2.45) is 5.73 Å². The van der Waals surface area contributed by atoms with E-state index in [4.69, 9.17) is 5.73 Å². The van der Waals surface area contributed by atoms with Crippen LogP contribution >= 0.6 is 0 Å². The molecule has 0 atom stereocenters. The van der Waals surface area contributed by atoms with Crippen molar-refractivity contribution in [2.75, 3.05) is 18.4 Å². The van der Waals surface area contributed by atoms with E-state index in [0.29, 0.717) is 6.54 Å². The minimum atomic E-state index is 0. The average molecular weight is 332 g/mol. The lowest BCUT2D eigenvalue weighted by atomic mass is 10.0. The second kappa shape index (κ2) is 6.95. The molecule has 0 bridgehead atoms. The summed E-state index contributed by atoms with van der Waals surface area (Å²) in [7, 11) is 0. The zero-order valence-electron chi connectivity index (χ0n) is 13.6. The Bertz CT molecular complexity index is 1020. The van der Waals surface area contributed by atoms with Gasteiger partial charge in [-0.3, -0.25) is 0 Å². The Kier molecular flexibility index (Phi) is 4.72. The topological polar surface area (TPSA) is 66.7 Å². The number of anilines is 1. The van der Waals surface area contributed by atoms with Crippen molar-refractivity contribution in [3.63, 3.8) is 0 Å². The fraction of sp³-hybridized carbons (Fsp3) is 0.190. The Morgan fingerprint density at radius 2 is 2.00 bits per heavy atom. The molecule has 4 rings (SSSR count). The maximum Gasteiger partial charge on any atom is 0.138 e. The highest BCUT2D eigenvalue weighted by atomic mass is 14.9. The van der Waals surface area contributed by atoms with E-state index in [1.54, 1.807) is 0 Å². The van der Waals surface area contributed by atoms with Crippen LogP contribution in [0.4, 0.5) is 5.69 Å². The van der Waals surface area contributed by atoms with Crippen LogP contribution in [-0.4, -0.2) is 23.1 Å². The lowest BCUT2D eigenvalue weighted by molar-refractivity contribution is 1.02. The summed E-state index contributed by atoms with van der Waals surface area (Å²) in [5.74, 6) is 0. The molecule has 4 heteroatoms. The van der Waals surface area contributed by atoms with E-state index in [1.807, 2.05) is 6.20 Å². The van der Waals surface area contributed by atoms with E-state index < -0.39 is 0 Å². The van der Waals surface area contributed by atoms with Gasteiger partial charge in [0.15, 0.2) is 0 Å². The third-order valence-electron chi connectivity index (χ3n) is 4.30. The van der Waals surface area contributed by atoms with Crippen LogP contribution in [0.2, 0.25) is 0 Å².